The van der Waals surface area contributed by atoms with Crippen molar-refractivity contribution in [1.29, 1.82) is 21.0 Å². The molecule has 8 heteroatoms. The highest BCUT2D eigenvalue weighted by molar-refractivity contribution is 9.11. The highest BCUT2D eigenvalue weighted by Gasteiger charge is 2.23. The summed E-state index contributed by atoms with van der Waals surface area (Å²) in [6.07, 6.45) is 0. The first-order chi connectivity index (χ1) is 11.5. The first kappa shape index (κ1) is 18.1. The fraction of sp³-hybridized carbons (Fsp3) is 0. The van der Waals surface area contributed by atoms with Crippen LogP contribution in [0.25, 0.3) is 11.1 Å². The fourth-order valence-corrected chi connectivity index (χ4v) is 4.80. The zero-order chi connectivity index (χ0) is 17.7. The zero-order valence-corrected chi connectivity index (χ0v) is 16.5. The molecule has 2 heterocycles. The topological polar surface area (TPSA) is 95.2 Å². The van der Waals surface area contributed by atoms with E-state index in [0.717, 1.165) is 7.57 Å². The summed E-state index contributed by atoms with van der Waals surface area (Å²) >= 11 is 9.35. The highest BCUT2D eigenvalue weighted by Crippen LogP contribution is 2.42. The molecule has 0 spiro atoms. The number of nitrogens with zero attached hydrogens (tertiary/aromatic N) is 4. The van der Waals surface area contributed by atoms with Crippen molar-refractivity contribution < 1.29 is 0 Å². The van der Waals surface area contributed by atoms with Gasteiger partial charge >= 0.3 is 0 Å². The van der Waals surface area contributed by atoms with Crippen molar-refractivity contribution in [3.8, 4) is 24.3 Å². The van der Waals surface area contributed by atoms with E-state index in [0.29, 0.717) is 20.9 Å². The Labute approximate surface area is 163 Å². The summed E-state index contributed by atoms with van der Waals surface area (Å²) in [5, 5.41) is 37.4. The summed E-state index contributed by atoms with van der Waals surface area (Å²) in [5.41, 5.74) is 0.296. The van der Waals surface area contributed by atoms with Gasteiger partial charge in [-0.2, -0.15) is 21.0 Å². The minimum Gasteiger partial charge on any atom is -0.192 e. The standard InChI is InChI=1S/C16H4Br2N4S2/c17-13-3-1-11(23-13)15(9(5-19)6-20)16(10(7-21)8-22)12-2-4-14(18)24-12/h1-4H. The van der Waals surface area contributed by atoms with Gasteiger partial charge in [-0.15, -0.1) is 22.7 Å². The molecular formula is C16H4Br2N4S2. The van der Waals surface area contributed by atoms with Crippen molar-refractivity contribution in [2.45, 2.75) is 0 Å². The maximum absolute atomic E-state index is 9.36. The number of halogens is 2. The molecule has 0 fully saturated rings. The van der Waals surface area contributed by atoms with Crippen LogP contribution >= 0.6 is 54.5 Å². The van der Waals surface area contributed by atoms with Crippen LogP contribution in [0.2, 0.25) is 0 Å². The number of rotatable bonds is 3. The van der Waals surface area contributed by atoms with E-state index in [9.17, 15) is 21.0 Å². The van der Waals surface area contributed by atoms with Crippen molar-refractivity contribution >= 4 is 65.7 Å². The van der Waals surface area contributed by atoms with E-state index in [1.165, 1.54) is 22.7 Å². The van der Waals surface area contributed by atoms with E-state index >= 15 is 0 Å². The average Bonchev–Trinajstić information content (AvgIpc) is 3.19. The summed E-state index contributed by atoms with van der Waals surface area (Å²) in [5.74, 6) is 0. The van der Waals surface area contributed by atoms with Gasteiger partial charge in [-0.05, 0) is 56.1 Å². The quantitative estimate of drug-likeness (QED) is 0.424. The van der Waals surface area contributed by atoms with Crippen LogP contribution in [-0.2, 0) is 0 Å². The molecule has 0 unspecified atom stereocenters. The van der Waals surface area contributed by atoms with E-state index in [-0.39, 0.29) is 11.1 Å². The molecule has 0 amide bonds. The Kier molecular flexibility index (Phi) is 6.10. The number of hydrogen-bond acceptors (Lipinski definition) is 6. The Morgan fingerprint density at radius 1 is 0.667 bits per heavy atom. The molecule has 0 N–H and O–H groups in total. The SMILES string of the molecule is N#CC(C#N)=C(C(=C(C#N)C#N)c1ccc(Br)s1)c1ccc(Br)s1. The van der Waals surface area contributed by atoms with Crippen LogP contribution in [0.5, 0.6) is 0 Å². The van der Waals surface area contributed by atoms with Crippen LogP contribution in [-0.4, -0.2) is 0 Å². The largest absolute Gasteiger partial charge is 0.192 e. The molecule has 4 nitrogen and oxygen atoms in total. The van der Waals surface area contributed by atoms with Gasteiger partial charge in [-0.1, -0.05) is 0 Å². The van der Waals surface area contributed by atoms with Crippen LogP contribution in [0.15, 0.2) is 43.0 Å². The van der Waals surface area contributed by atoms with Gasteiger partial charge < -0.3 is 0 Å². The number of hydrogen-bond donors (Lipinski definition) is 0. The van der Waals surface area contributed by atoms with Crippen LogP contribution in [0, 0.1) is 45.3 Å². The van der Waals surface area contributed by atoms with Crippen LogP contribution in [0.3, 0.4) is 0 Å². The molecule has 2 aromatic heterocycles. The molecule has 0 bridgehead atoms. The van der Waals surface area contributed by atoms with Gasteiger partial charge in [0.05, 0.1) is 7.57 Å². The van der Waals surface area contributed by atoms with Crippen LogP contribution in [0.4, 0.5) is 0 Å². The van der Waals surface area contributed by atoms with Gasteiger partial charge in [-0.25, -0.2) is 0 Å². The fourth-order valence-electron chi connectivity index (χ4n) is 1.91. The second-order valence-electron chi connectivity index (χ2n) is 4.15. The molecule has 0 atom stereocenters. The lowest BCUT2D eigenvalue weighted by atomic mass is 9.94. The Morgan fingerprint density at radius 3 is 1.21 bits per heavy atom. The molecule has 0 aliphatic carbocycles. The molecule has 2 aromatic rings. The maximum Gasteiger partial charge on any atom is 0.139 e. The maximum atomic E-state index is 9.36. The third kappa shape index (κ3) is 3.65. The number of allylic oxidation sites excluding steroid dienone is 4. The first-order valence-electron chi connectivity index (χ1n) is 6.16. The molecule has 0 saturated carbocycles. The third-order valence-corrected chi connectivity index (χ3v) is 6.12. The van der Waals surface area contributed by atoms with E-state index in [2.05, 4.69) is 31.9 Å². The molecule has 0 aromatic carbocycles. The molecular weight excluding hydrogens is 472 g/mol. The summed E-state index contributed by atoms with van der Waals surface area (Å²) in [4.78, 5) is 1.25. The lowest BCUT2D eigenvalue weighted by Gasteiger charge is -2.09. The minimum absolute atomic E-state index is 0.146. The van der Waals surface area contributed by atoms with E-state index < -0.39 is 0 Å². The average molecular weight is 476 g/mol. The first-order valence-corrected chi connectivity index (χ1v) is 9.38. The van der Waals surface area contributed by atoms with Crippen molar-refractivity contribution in [2.24, 2.45) is 0 Å². The summed E-state index contributed by atoms with van der Waals surface area (Å²) in [6, 6.07) is 14.5. The number of thiophene rings is 2. The van der Waals surface area contributed by atoms with E-state index in [4.69, 9.17) is 0 Å². The Hall–Kier alpha value is -2.20. The van der Waals surface area contributed by atoms with Gasteiger partial charge in [-0.3, -0.25) is 0 Å². The lowest BCUT2D eigenvalue weighted by Crippen LogP contribution is -1.94. The van der Waals surface area contributed by atoms with Crippen molar-refractivity contribution in [3.63, 3.8) is 0 Å². The zero-order valence-electron chi connectivity index (χ0n) is 11.7. The monoisotopic (exact) mass is 474 g/mol. The van der Waals surface area contributed by atoms with Gasteiger partial charge in [0.2, 0.25) is 0 Å². The van der Waals surface area contributed by atoms with Gasteiger partial charge in [0.25, 0.3) is 0 Å². The van der Waals surface area contributed by atoms with Crippen molar-refractivity contribution in [3.05, 3.63) is 52.7 Å². The van der Waals surface area contributed by atoms with Gasteiger partial charge in [0.1, 0.15) is 35.4 Å². The summed E-state index contributed by atoms with van der Waals surface area (Å²) in [6.45, 7) is 0. The molecule has 24 heavy (non-hydrogen) atoms. The summed E-state index contributed by atoms with van der Waals surface area (Å²) in [7, 11) is 0. The van der Waals surface area contributed by atoms with Crippen molar-refractivity contribution in [2.75, 3.05) is 0 Å². The lowest BCUT2D eigenvalue weighted by molar-refractivity contribution is 1.45. The normalized spacial score (nSPS) is 9.08. The molecule has 0 aliphatic heterocycles. The smallest absolute Gasteiger partial charge is 0.139 e. The third-order valence-electron chi connectivity index (χ3n) is 2.84. The Morgan fingerprint density at radius 2 is 1.00 bits per heavy atom. The molecule has 0 saturated heterocycles. The number of nitriles is 4. The summed E-state index contributed by atoms with van der Waals surface area (Å²) < 4.78 is 1.62. The molecule has 0 aliphatic rings. The van der Waals surface area contributed by atoms with E-state index in [1.807, 2.05) is 24.3 Å². The highest BCUT2D eigenvalue weighted by atomic mass is 79.9. The van der Waals surface area contributed by atoms with Crippen molar-refractivity contribution in [1.82, 2.24) is 0 Å². The van der Waals surface area contributed by atoms with Crippen LogP contribution in [0.1, 0.15) is 9.75 Å². The predicted octanol–water partition coefficient (Wildman–Crippen LogP) is 5.64. The Balaban J connectivity index is 2.94. The van der Waals surface area contributed by atoms with Gasteiger partial charge in [0.15, 0.2) is 0 Å². The molecule has 114 valence electrons. The van der Waals surface area contributed by atoms with Gasteiger partial charge in [0, 0.05) is 20.9 Å². The second kappa shape index (κ2) is 8.06. The second-order valence-corrected chi connectivity index (χ2v) is 9.08. The minimum atomic E-state index is -0.146. The van der Waals surface area contributed by atoms with E-state index in [1.54, 1.807) is 24.3 Å². The molecule has 0 radical (unpaired) electrons. The predicted molar refractivity (Wildman–Crippen MR) is 100 cm³/mol. The Bertz CT molecular complexity index is 914. The molecule has 2 rings (SSSR count). The van der Waals surface area contributed by atoms with Crippen LogP contribution < -0.4 is 0 Å².